The first kappa shape index (κ1) is 33.9. The highest BCUT2D eigenvalue weighted by Gasteiger charge is 2.52. The molecule has 16 heteroatoms. The summed E-state index contributed by atoms with van der Waals surface area (Å²) < 4.78 is 33.2. The fraction of sp³-hybridized carbons (Fsp3) is 1.00. The van der Waals surface area contributed by atoms with Crippen LogP contribution in [0.3, 0.4) is 0 Å². The third kappa shape index (κ3) is 7.84. The molecule has 0 radical (unpaired) electrons. The van der Waals surface area contributed by atoms with E-state index in [2.05, 4.69) is 0 Å². The molecule has 3 fully saturated rings. The number of aliphatic hydroxyl groups excluding tert-OH is 10. The van der Waals surface area contributed by atoms with Gasteiger partial charge in [0, 0.05) is 0 Å². The van der Waals surface area contributed by atoms with Crippen molar-refractivity contribution >= 4 is 0 Å². The van der Waals surface area contributed by atoms with Crippen LogP contribution in [0.5, 0.6) is 0 Å². The Morgan fingerprint density at radius 2 is 1.02 bits per heavy atom. The molecule has 1 unspecified atom stereocenters. The van der Waals surface area contributed by atoms with Crippen molar-refractivity contribution in [1.29, 1.82) is 0 Å². The van der Waals surface area contributed by atoms with Crippen LogP contribution in [0, 0.1) is 5.41 Å². The molecule has 3 rings (SSSR count). The third-order valence-electron chi connectivity index (χ3n) is 7.19. The molecule has 40 heavy (non-hydrogen) atoms. The fourth-order valence-corrected chi connectivity index (χ4v) is 4.55. The molecule has 3 aliphatic rings. The van der Waals surface area contributed by atoms with Crippen LogP contribution in [0.25, 0.3) is 0 Å². The van der Waals surface area contributed by atoms with E-state index < -0.39 is 112 Å². The van der Waals surface area contributed by atoms with E-state index in [4.69, 9.17) is 28.4 Å². The van der Waals surface area contributed by atoms with Gasteiger partial charge >= 0.3 is 0 Å². The molecule has 3 saturated heterocycles. The van der Waals surface area contributed by atoms with E-state index in [0.29, 0.717) is 6.42 Å². The maximum absolute atomic E-state index is 11.0. The van der Waals surface area contributed by atoms with E-state index >= 15 is 0 Å². The molecular weight excluding hydrogens is 544 g/mol. The highest BCUT2D eigenvalue weighted by atomic mass is 16.7. The molecular formula is C24H44O16. The number of ether oxygens (including phenoxy) is 6. The van der Waals surface area contributed by atoms with Gasteiger partial charge in [0.1, 0.15) is 73.2 Å². The van der Waals surface area contributed by atoms with Gasteiger partial charge in [-0.3, -0.25) is 0 Å². The minimum absolute atomic E-state index is 0.128. The number of hydrogen-bond donors (Lipinski definition) is 10. The van der Waals surface area contributed by atoms with Crippen LogP contribution in [0.1, 0.15) is 27.2 Å². The lowest BCUT2D eigenvalue weighted by atomic mass is 9.93. The maximum Gasteiger partial charge on any atom is 0.187 e. The Balaban J connectivity index is 1.75. The molecule has 0 aliphatic carbocycles. The SMILES string of the molecule is CC(C)(C)CCO[C@H]1OC(CO[C@H]2O[C@H](CO)[C@@H](O)[C@H](O)[C@@H]2O)[C@@H](O)[C@H](O[C@H]2O[C@H](CO)[C@@H](O)[C@H](O)[C@@H]2O)[C@@H]1O. The minimum Gasteiger partial charge on any atom is -0.394 e. The second-order valence-electron chi connectivity index (χ2n) is 11.5. The largest absolute Gasteiger partial charge is 0.394 e. The van der Waals surface area contributed by atoms with E-state index in [-0.39, 0.29) is 12.0 Å². The second kappa shape index (κ2) is 14.2. The first-order valence-electron chi connectivity index (χ1n) is 13.2. The molecule has 3 aliphatic heterocycles. The van der Waals surface area contributed by atoms with Crippen LogP contribution in [0.2, 0.25) is 0 Å². The Morgan fingerprint density at radius 1 is 0.550 bits per heavy atom. The lowest BCUT2D eigenvalue weighted by molar-refractivity contribution is -0.366. The smallest absolute Gasteiger partial charge is 0.187 e. The van der Waals surface area contributed by atoms with Crippen LogP contribution in [-0.4, -0.2) is 170 Å². The molecule has 0 amide bonds. The molecule has 16 nitrogen and oxygen atoms in total. The summed E-state index contributed by atoms with van der Waals surface area (Å²) in [4.78, 5) is 0. The zero-order valence-corrected chi connectivity index (χ0v) is 22.6. The van der Waals surface area contributed by atoms with Gasteiger partial charge < -0.3 is 79.5 Å². The van der Waals surface area contributed by atoms with Crippen molar-refractivity contribution in [3.63, 3.8) is 0 Å². The van der Waals surface area contributed by atoms with Crippen LogP contribution in [-0.2, 0) is 28.4 Å². The fourth-order valence-electron chi connectivity index (χ4n) is 4.55. The van der Waals surface area contributed by atoms with E-state index in [9.17, 15) is 51.1 Å². The summed E-state index contributed by atoms with van der Waals surface area (Å²) in [5, 5.41) is 102. The summed E-state index contributed by atoms with van der Waals surface area (Å²) in [7, 11) is 0. The highest BCUT2D eigenvalue weighted by Crippen LogP contribution is 2.31. The normalized spacial score (nSPS) is 46.9. The topological polar surface area (TPSA) is 258 Å². The summed E-state index contributed by atoms with van der Waals surface area (Å²) >= 11 is 0. The Hall–Kier alpha value is -0.640. The van der Waals surface area contributed by atoms with Gasteiger partial charge in [0.05, 0.1) is 26.4 Å². The van der Waals surface area contributed by atoms with Crippen LogP contribution >= 0.6 is 0 Å². The molecule has 3 heterocycles. The van der Waals surface area contributed by atoms with Gasteiger partial charge in [-0.2, -0.15) is 0 Å². The Bertz CT molecular complexity index is 764. The van der Waals surface area contributed by atoms with Gasteiger partial charge in [0.2, 0.25) is 0 Å². The van der Waals surface area contributed by atoms with Crippen molar-refractivity contribution in [2.75, 3.05) is 26.4 Å². The second-order valence-corrected chi connectivity index (χ2v) is 11.5. The minimum atomic E-state index is -1.82. The zero-order chi connectivity index (χ0) is 29.9. The first-order chi connectivity index (χ1) is 18.7. The number of rotatable bonds is 10. The van der Waals surface area contributed by atoms with Gasteiger partial charge in [-0.25, -0.2) is 0 Å². The van der Waals surface area contributed by atoms with E-state index in [0.717, 1.165) is 0 Å². The standard InChI is InChI=1S/C24H44O16/c1-24(2,3)4-5-35-22-19(34)20(40-23-18(33)16(31)13(28)10(7-26)38-23)14(29)11(39-22)8-36-21-17(32)15(30)12(27)9(6-25)37-21/h9-23,25-34H,4-8H2,1-3H3/t9-,10-,11?,12-,13-,14-,15+,16+,17+,18+,19+,20+,21+,22+,23-/m1/s1. The Morgan fingerprint density at radius 3 is 1.55 bits per heavy atom. The zero-order valence-electron chi connectivity index (χ0n) is 22.6. The quantitative estimate of drug-likeness (QED) is 0.114. The van der Waals surface area contributed by atoms with Crippen molar-refractivity contribution in [1.82, 2.24) is 0 Å². The predicted molar refractivity (Wildman–Crippen MR) is 129 cm³/mol. The van der Waals surface area contributed by atoms with Crippen molar-refractivity contribution in [3.8, 4) is 0 Å². The van der Waals surface area contributed by atoms with Crippen molar-refractivity contribution in [2.45, 2.75) is 119 Å². The lowest BCUT2D eigenvalue weighted by Crippen LogP contribution is -2.65. The van der Waals surface area contributed by atoms with Gasteiger partial charge in [0.25, 0.3) is 0 Å². The molecule has 0 bridgehead atoms. The molecule has 15 atom stereocenters. The summed E-state index contributed by atoms with van der Waals surface area (Å²) in [6.07, 6.45) is -23.1. The Labute approximate surface area is 231 Å². The molecule has 0 saturated carbocycles. The number of hydrogen-bond acceptors (Lipinski definition) is 16. The summed E-state index contributed by atoms with van der Waals surface area (Å²) in [5.41, 5.74) is -0.128. The lowest BCUT2D eigenvalue weighted by Gasteiger charge is -2.46. The van der Waals surface area contributed by atoms with E-state index in [1.165, 1.54) is 0 Å². The molecule has 0 spiro atoms. The highest BCUT2D eigenvalue weighted by molar-refractivity contribution is 4.95. The monoisotopic (exact) mass is 588 g/mol. The summed E-state index contributed by atoms with van der Waals surface area (Å²) in [6.45, 7) is 4.12. The number of aliphatic hydroxyl groups is 10. The van der Waals surface area contributed by atoms with Crippen LogP contribution in [0.15, 0.2) is 0 Å². The Kier molecular flexibility index (Phi) is 12.0. The van der Waals surface area contributed by atoms with Crippen LogP contribution < -0.4 is 0 Å². The predicted octanol–water partition coefficient (Wildman–Crippen LogP) is -5.11. The first-order valence-corrected chi connectivity index (χ1v) is 13.2. The average molecular weight is 589 g/mol. The van der Waals surface area contributed by atoms with Gasteiger partial charge in [-0.15, -0.1) is 0 Å². The molecule has 236 valence electrons. The third-order valence-corrected chi connectivity index (χ3v) is 7.19. The van der Waals surface area contributed by atoms with Gasteiger partial charge in [-0.05, 0) is 11.8 Å². The molecule has 10 N–H and O–H groups in total. The molecule has 0 aromatic heterocycles. The summed E-state index contributed by atoms with van der Waals surface area (Å²) in [5.74, 6) is 0. The molecule has 0 aromatic rings. The van der Waals surface area contributed by atoms with Crippen molar-refractivity contribution < 1.29 is 79.5 Å². The van der Waals surface area contributed by atoms with E-state index in [1.807, 2.05) is 20.8 Å². The van der Waals surface area contributed by atoms with Gasteiger partial charge in [-0.1, -0.05) is 20.8 Å². The summed E-state index contributed by atoms with van der Waals surface area (Å²) in [6, 6.07) is 0. The van der Waals surface area contributed by atoms with Crippen molar-refractivity contribution in [3.05, 3.63) is 0 Å². The average Bonchev–Trinajstić information content (AvgIpc) is 2.90. The molecule has 0 aromatic carbocycles. The van der Waals surface area contributed by atoms with Crippen molar-refractivity contribution in [2.24, 2.45) is 5.41 Å². The van der Waals surface area contributed by atoms with E-state index in [1.54, 1.807) is 0 Å². The maximum atomic E-state index is 11.0. The van der Waals surface area contributed by atoms with Crippen LogP contribution in [0.4, 0.5) is 0 Å². The van der Waals surface area contributed by atoms with Gasteiger partial charge in [0.15, 0.2) is 18.9 Å².